The molecule has 6 heteroatoms. The van der Waals surface area contributed by atoms with Crippen LogP contribution in [0.1, 0.15) is 5.56 Å². The number of nitrogens with one attached hydrogen (secondary N) is 1. The summed E-state index contributed by atoms with van der Waals surface area (Å²) >= 11 is 0. The van der Waals surface area contributed by atoms with Gasteiger partial charge in [0.05, 0.1) is 23.6 Å². The Balaban J connectivity index is 1.77. The maximum Gasteiger partial charge on any atom is 0.181 e. The molecule has 0 unspecified atom stereocenters. The third kappa shape index (κ3) is 2.06. The second kappa shape index (κ2) is 4.52. The highest BCUT2D eigenvalue weighted by Crippen LogP contribution is 2.19. The predicted octanol–water partition coefficient (Wildman–Crippen LogP) is 2.51. The van der Waals surface area contributed by atoms with Crippen molar-refractivity contribution in [2.75, 3.05) is 0 Å². The molecule has 0 aliphatic heterocycles. The van der Waals surface area contributed by atoms with Crippen molar-refractivity contribution in [2.24, 2.45) is 0 Å². The largest absolute Gasteiger partial charge is 0.335 e. The second-order valence-corrected chi connectivity index (χ2v) is 4.86. The van der Waals surface area contributed by atoms with Crippen LogP contribution >= 0.6 is 0 Å². The third-order valence-electron chi connectivity index (χ3n) is 3.28. The van der Waals surface area contributed by atoms with Crippen molar-refractivity contribution in [2.45, 2.75) is 6.92 Å². The van der Waals surface area contributed by atoms with Crippen LogP contribution in [0.4, 0.5) is 0 Å². The Kier molecular flexibility index (Phi) is 2.53. The highest BCUT2D eigenvalue weighted by molar-refractivity contribution is 5.74. The normalized spacial score (nSPS) is 11.1. The van der Waals surface area contributed by atoms with Crippen LogP contribution in [0, 0.1) is 6.92 Å². The predicted molar refractivity (Wildman–Crippen MR) is 79.0 cm³/mol. The molecule has 102 valence electrons. The zero-order valence-corrected chi connectivity index (χ0v) is 11.4. The Labute approximate surface area is 120 Å². The number of benzene rings is 1. The molecule has 6 nitrogen and oxygen atoms in total. The summed E-state index contributed by atoms with van der Waals surface area (Å²) in [5, 5.41) is 4.39. The van der Waals surface area contributed by atoms with Crippen LogP contribution in [0.5, 0.6) is 0 Å². The summed E-state index contributed by atoms with van der Waals surface area (Å²) in [6.45, 7) is 2.06. The SMILES string of the molecule is Cc1cccc(-n2cc(-c3nc4ncncc4[nH]3)cn2)c1. The molecule has 0 saturated carbocycles. The van der Waals surface area contributed by atoms with Crippen LogP contribution in [0.25, 0.3) is 28.2 Å². The monoisotopic (exact) mass is 276 g/mol. The number of aromatic amines is 1. The van der Waals surface area contributed by atoms with Crippen LogP contribution in [0.15, 0.2) is 49.2 Å². The van der Waals surface area contributed by atoms with E-state index in [0.29, 0.717) is 5.65 Å². The van der Waals surface area contributed by atoms with Gasteiger partial charge >= 0.3 is 0 Å². The van der Waals surface area contributed by atoms with Gasteiger partial charge in [-0.3, -0.25) is 0 Å². The van der Waals surface area contributed by atoms with Gasteiger partial charge in [-0.15, -0.1) is 0 Å². The van der Waals surface area contributed by atoms with Crippen LogP contribution < -0.4 is 0 Å². The number of nitrogens with zero attached hydrogens (tertiary/aromatic N) is 5. The molecule has 21 heavy (non-hydrogen) atoms. The number of hydrogen-bond donors (Lipinski definition) is 1. The minimum Gasteiger partial charge on any atom is -0.335 e. The first-order chi connectivity index (χ1) is 10.3. The van der Waals surface area contributed by atoms with Gasteiger partial charge in [0.2, 0.25) is 0 Å². The maximum atomic E-state index is 4.45. The molecule has 4 rings (SSSR count). The van der Waals surface area contributed by atoms with Crippen molar-refractivity contribution < 1.29 is 0 Å². The topological polar surface area (TPSA) is 72.3 Å². The quantitative estimate of drug-likeness (QED) is 0.610. The molecule has 4 aromatic rings. The van der Waals surface area contributed by atoms with E-state index in [0.717, 1.165) is 22.6 Å². The van der Waals surface area contributed by atoms with Gasteiger partial charge < -0.3 is 4.98 Å². The van der Waals surface area contributed by atoms with Crippen molar-refractivity contribution in [1.29, 1.82) is 0 Å². The van der Waals surface area contributed by atoms with Gasteiger partial charge in [-0.2, -0.15) is 5.10 Å². The molecule has 0 fully saturated rings. The van der Waals surface area contributed by atoms with Gasteiger partial charge in [-0.1, -0.05) is 12.1 Å². The Morgan fingerprint density at radius 3 is 3.00 bits per heavy atom. The Morgan fingerprint density at radius 1 is 1.19 bits per heavy atom. The van der Waals surface area contributed by atoms with E-state index in [1.807, 2.05) is 23.0 Å². The number of fused-ring (bicyclic) bond motifs is 1. The summed E-state index contributed by atoms with van der Waals surface area (Å²) in [4.78, 5) is 15.7. The summed E-state index contributed by atoms with van der Waals surface area (Å²) in [6.07, 6.45) is 6.93. The van der Waals surface area contributed by atoms with E-state index in [9.17, 15) is 0 Å². The fourth-order valence-electron chi connectivity index (χ4n) is 2.26. The van der Waals surface area contributed by atoms with Crippen LogP contribution in [-0.2, 0) is 0 Å². The van der Waals surface area contributed by atoms with Gasteiger partial charge in [-0.25, -0.2) is 19.6 Å². The minimum absolute atomic E-state index is 0.656. The lowest BCUT2D eigenvalue weighted by molar-refractivity contribution is 0.879. The number of imidazole rings is 1. The summed E-state index contributed by atoms with van der Waals surface area (Å²) in [5.41, 5.74) is 4.61. The van der Waals surface area contributed by atoms with E-state index >= 15 is 0 Å². The lowest BCUT2D eigenvalue weighted by Crippen LogP contribution is -1.93. The number of aromatic nitrogens is 6. The number of hydrogen-bond acceptors (Lipinski definition) is 4. The number of H-pyrrole nitrogens is 1. The Morgan fingerprint density at radius 2 is 2.14 bits per heavy atom. The molecular weight excluding hydrogens is 264 g/mol. The lowest BCUT2D eigenvalue weighted by atomic mass is 10.2. The highest BCUT2D eigenvalue weighted by atomic mass is 15.3. The van der Waals surface area contributed by atoms with E-state index in [1.54, 1.807) is 12.4 Å². The van der Waals surface area contributed by atoms with E-state index in [2.05, 4.69) is 44.1 Å². The van der Waals surface area contributed by atoms with Gasteiger partial charge in [0.25, 0.3) is 0 Å². The lowest BCUT2D eigenvalue weighted by Gasteiger charge is -2.01. The molecule has 0 aliphatic rings. The fraction of sp³-hybridized carbons (Fsp3) is 0.0667. The van der Waals surface area contributed by atoms with Gasteiger partial charge in [0, 0.05) is 6.20 Å². The van der Waals surface area contributed by atoms with Crippen LogP contribution in [0.3, 0.4) is 0 Å². The summed E-state index contributed by atoms with van der Waals surface area (Å²) in [6, 6.07) is 8.18. The van der Waals surface area contributed by atoms with Crippen molar-refractivity contribution in [3.63, 3.8) is 0 Å². The minimum atomic E-state index is 0.656. The van der Waals surface area contributed by atoms with Crippen molar-refractivity contribution >= 4 is 11.2 Å². The molecule has 0 atom stereocenters. The molecule has 0 aliphatic carbocycles. The molecular formula is C15H12N6. The van der Waals surface area contributed by atoms with Gasteiger partial charge in [0.1, 0.15) is 17.7 Å². The number of rotatable bonds is 2. The molecule has 0 saturated heterocycles. The maximum absolute atomic E-state index is 4.45. The van der Waals surface area contributed by atoms with E-state index in [4.69, 9.17) is 0 Å². The van der Waals surface area contributed by atoms with Crippen molar-refractivity contribution in [1.82, 2.24) is 29.7 Å². The average molecular weight is 276 g/mol. The van der Waals surface area contributed by atoms with Crippen LogP contribution in [-0.4, -0.2) is 29.7 Å². The first-order valence-corrected chi connectivity index (χ1v) is 6.57. The Bertz CT molecular complexity index is 887. The van der Waals surface area contributed by atoms with Gasteiger partial charge in [-0.05, 0) is 24.6 Å². The first-order valence-electron chi connectivity index (χ1n) is 6.57. The van der Waals surface area contributed by atoms with Gasteiger partial charge in [0.15, 0.2) is 5.65 Å². The zero-order chi connectivity index (χ0) is 14.2. The molecule has 0 radical (unpaired) electrons. The molecule has 3 aromatic heterocycles. The van der Waals surface area contributed by atoms with Crippen molar-refractivity contribution in [3.8, 4) is 17.1 Å². The zero-order valence-electron chi connectivity index (χ0n) is 11.4. The van der Waals surface area contributed by atoms with E-state index in [-0.39, 0.29) is 0 Å². The summed E-state index contributed by atoms with van der Waals surface area (Å²) < 4.78 is 1.83. The number of aryl methyl sites for hydroxylation is 1. The van der Waals surface area contributed by atoms with Crippen molar-refractivity contribution in [3.05, 3.63) is 54.7 Å². The fourth-order valence-corrected chi connectivity index (χ4v) is 2.26. The summed E-state index contributed by atoms with van der Waals surface area (Å²) in [7, 11) is 0. The first kappa shape index (κ1) is 11.8. The molecule has 0 spiro atoms. The second-order valence-electron chi connectivity index (χ2n) is 4.86. The Hall–Kier alpha value is -3.02. The van der Waals surface area contributed by atoms with E-state index < -0.39 is 0 Å². The van der Waals surface area contributed by atoms with E-state index in [1.165, 1.54) is 11.9 Å². The third-order valence-corrected chi connectivity index (χ3v) is 3.28. The standard InChI is InChI=1S/C15H12N6/c1-10-3-2-4-12(5-10)21-8-11(6-18-21)14-19-13-7-16-9-17-15(13)20-14/h2-9H,1H3,(H,16,17,19,20). The average Bonchev–Trinajstić information content (AvgIpc) is 3.14. The molecule has 3 heterocycles. The smallest absolute Gasteiger partial charge is 0.181 e. The molecule has 1 aromatic carbocycles. The molecule has 0 bridgehead atoms. The highest BCUT2D eigenvalue weighted by Gasteiger charge is 2.09. The molecule has 0 amide bonds. The molecule has 1 N–H and O–H groups in total. The summed E-state index contributed by atoms with van der Waals surface area (Å²) in [5.74, 6) is 0.740. The van der Waals surface area contributed by atoms with Crippen LogP contribution in [0.2, 0.25) is 0 Å².